The normalized spacial score (nSPS) is 18.9. The van der Waals surface area contributed by atoms with Crippen molar-refractivity contribution in [3.05, 3.63) is 83.9 Å². The highest BCUT2D eigenvalue weighted by molar-refractivity contribution is 6.10. The maximum Gasteiger partial charge on any atom is 0.231 e. The van der Waals surface area contributed by atoms with Crippen LogP contribution in [-0.2, 0) is 5.41 Å². The Bertz CT molecular complexity index is 1720. The van der Waals surface area contributed by atoms with Gasteiger partial charge in [-0.25, -0.2) is 0 Å². The monoisotopic (exact) mass is 503 g/mol. The van der Waals surface area contributed by atoms with Crippen molar-refractivity contribution in [1.82, 2.24) is 0 Å². The molecule has 5 aromatic rings. The van der Waals surface area contributed by atoms with Crippen LogP contribution in [0, 0.1) is 0 Å². The van der Waals surface area contributed by atoms with Crippen LogP contribution in [0.4, 0.5) is 5.69 Å². The van der Waals surface area contributed by atoms with Gasteiger partial charge in [-0.15, -0.1) is 0 Å². The summed E-state index contributed by atoms with van der Waals surface area (Å²) in [7, 11) is 0. The van der Waals surface area contributed by atoms with Crippen LogP contribution < -0.4 is 19.1 Å². The molecule has 0 radical (unpaired) electrons. The largest absolute Gasteiger partial charge is 0.492 e. The van der Waals surface area contributed by atoms with Gasteiger partial charge in [-0.1, -0.05) is 68.3 Å². The molecule has 1 atom stereocenters. The minimum atomic E-state index is -0.303. The minimum absolute atomic E-state index is 0.254. The summed E-state index contributed by atoms with van der Waals surface area (Å²) in [4.78, 5) is 2.57. The molecule has 0 saturated heterocycles. The first-order valence-electron chi connectivity index (χ1n) is 13.6. The summed E-state index contributed by atoms with van der Waals surface area (Å²) in [5.41, 5.74) is 7.68. The summed E-state index contributed by atoms with van der Waals surface area (Å²) in [6.45, 7) is 5.02. The molecule has 5 nitrogen and oxygen atoms in total. The average Bonchev–Trinajstić information content (AvgIpc) is 3.72. The molecular formula is C33H29NO4. The molecule has 0 fully saturated rings. The molecule has 190 valence electrons. The van der Waals surface area contributed by atoms with Crippen molar-refractivity contribution < 1.29 is 18.6 Å². The SMILES string of the molecule is CCCCCN1CC2(COc3cc4c(cc32)OCO4)c2c(-c3cccc4c3oc3ccccc34)cccc21. The van der Waals surface area contributed by atoms with Gasteiger partial charge in [-0.3, -0.25) is 0 Å². The van der Waals surface area contributed by atoms with E-state index in [1.807, 2.05) is 12.1 Å². The van der Waals surface area contributed by atoms with E-state index in [0.717, 1.165) is 57.8 Å². The average molecular weight is 504 g/mol. The molecule has 0 aliphatic carbocycles. The van der Waals surface area contributed by atoms with E-state index in [4.69, 9.17) is 18.6 Å². The third kappa shape index (κ3) is 2.99. The number of ether oxygens (including phenoxy) is 3. The van der Waals surface area contributed by atoms with Crippen LogP contribution in [0.5, 0.6) is 17.2 Å². The maximum atomic E-state index is 6.50. The predicted molar refractivity (Wildman–Crippen MR) is 150 cm³/mol. The third-order valence-corrected chi connectivity index (χ3v) is 8.51. The Morgan fingerprint density at radius 1 is 0.789 bits per heavy atom. The van der Waals surface area contributed by atoms with Crippen LogP contribution in [0.2, 0.25) is 0 Å². The molecule has 3 aliphatic rings. The lowest BCUT2D eigenvalue weighted by Crippen LogP contribution is -2.36. The van der Waals surface area contributed by atoms with E-state index in [1.165, 1.54) is 41.6 Å². The van der Waals surface area contributed by atoms with E-state index in [2.05, 4.69) is 72.5 Å². The predicted octanol–water partition coefficient (Wildman–Crippen LogP) is 7.67. The first kappa shape index (κ1) is 21.9. The molecule has 8 rings (SSSR count). The summed E-state index contributed by atoms with van der Waals surface area (Å²) in [5, 5.41) is 2.30. The van der Waals surface area contributed by atoms with Gasteiger partial charge in [0.2, 0.25) is 6.79 Å². The van der Waals surface area contributed by atoms with Crippen molar-refractivity contribution in [2.24, 2.45) is 0 Å². The molecule has 5 heteroatoms. The molecular weight excluding hydrogens is 474 g/mol. The summed E-state index contributed by atoms with van der Waals surface area (Å²) >= 11 is 0. The van der Waals surface area contributed by atoms with Crippen LogP contribution >= 0.6 is 0 Å². The number of rotatable bonds is 5. The summed E-state index contributed by atoms with van der Waals surface area (Å²) in [6.07, 6.45) is 3.60. The van der Waals surface area contributed by atoms with Crippen molar-refractivity contribution in [1.29, 1.82) is 0 Å². The molecule has 0 N–H and O–H groups in total. The standard InChI is InChI=1S/C33H29NO4/c1-2-3-6-15-34-18-33(19-35-28-17-30-29(16-25(28)33)36-20-37-30)31-22(10-8-13-26(31)34)24-12-7-11-23-21-9-4-5-14-27(21)38-32(23)24/h4-5,7-14,16-17H,2-3,6,15,18-20H2,1H3. The highest BCUT2D eigenvalue weighted by Gasteiger charge is 2.51. The second-order valence-corrected chi connectivity index (χ2v) is 10.7. The Morgan fingerprint density at radius 2 is 1.61 bits per heavy atom. The van der Waals surface area contributed by atoms with Crippen LogP contribution in [0.25, 0.3) is 33.1 Å². The minimum Gasteiger partial charge on any atom is -0.492 e. The number of para-hydroxylation sites is 2. The lowest BCUT2D eigenvalue weighted by molar-refractivity contribution is 0.173. The first-order chi connectivity index (χ1) is 18.8. The van der Waals surface area contributed by atoms with Crippen LogP contribution in [-0.4, -0.2) is 26.5 Å². The molecule has 4 aromatic carbocycles. The van der Waals surface area contributed by atoms with E-state index in [-0.39, 0.29) is 12.2 Å². The van der Waals surface area contributed by atoms with Gasteiger partial charge in [-0.2, -0.15) is 0 Å². The summed E-state index contributed by atoms with van der Waals surface area (Å²) in [6, 6.07) is 25.7. The van der Waals surface area contributed by atoms with E-state index < -0.39 is 0 Å². The number of furan rings is 1. The summed E-state index contributed by atoms with van der Waals surface area (Å²) in [5.74, 6) is 2.46. The molecule has 0 saturated carbocycles. The van der Waals surface area contributed by atoms with E-state index >= 15 is 0 Å². The van der Waals surface area contributed by atoms with Crippen LogP contribution in [0.3, 0.4) is 0 Å². The second kappa shape index (κ2) is 8.19. The quantitative estimate of drug-likeness (QED) is 0.230. The topological polar surface area (TPSA) is 44.1 Å². The van der Waals surface area contributed by atoms with Crippen molar-refractivity contribution in [3.8, 4) is 28.4 Å². The number of fused-ring (bicyclic) bond motifs is 8. The van der Waals surface area contributed by atoms with Gasteiger partial charge in [0, 0.05) is 46.7 Å². The van der Waals surface area contributed by atoms with Gasteiger partial charge < -0.3 is 23.5 Å². The van der Waals surface area contributed by atoms with E-state index in [1.54, 1.807) is 0 Å². The van der Waals surface area contributed by atoms with Crippen molar-refractivity contribution in [3.63, 3.8) is 0 Å². The molecule has 0 amide bonds. The highest BCUT2D eigenvalue weighted by atomic mass is 16.7. The first-order valence-corrected chi connectivity index (χ1v) is 13.6. The Kier molecular flexibility index (Phi) is 4.72. The number of hydrogen-bond acceptors (Lipinski definition) is 5. The second-order valence-electron chi connectivity index (χ2n) is 10.7. The Morgan fingerprint density at radius 3 is 2.53 bits per heavy atom. The Balaban J connectivity index is 1.37. The fourth-order valence-corrected chi connectivity index (χ4v) is 6.77. The number of hydrogen-bond donors (Lipinski definition) is 0. The van der Waals surface area contributed by atoms with Crippen molar-refractivity contribution >= 4 is 27.6 Å². The van der Waals surface area contributed by atoms with Gasteiger partial charge in [0.25, 0.3) is 0 Å². The molecule has 4 heterocycles. The Hall–Kier alpha value is -4.12. The van der Waals surface area contributed by atoms with E-state index in [9.17, 15) is 0 Å². The zero-order valence-corrected chi connectivity index (χ0v) is 21.5. The number of benzene rings is 4. The fraction of sp³-hybridized carbons (Fsp3) is 0.273. The summed E-state index contributed by atoms with van der Waals surface area (Å²) < 4.78 is 24.4. The number of unbranched alkanes of at least 4 members (excludes halogenated alkanes) is 2. The third-order valence-electron chi connectivity index (χ3n) is 8.51. The molecule has 1 spiro atoms. The van der Waals surface area contributed by atoms with Gasteiger partial charge in [0.05, 0.1) is 5.41 Å². The molecule has 1 unspecified atom stereocenters. The maximum absolute atomic E-state index is 6.50. The van der Waals surface area contributed by atoms with Gasteiger partial charge in [0.15, 0.2) is 11.5 Å². The lowest BCUT2D eigenvalue weighted by atomic mass is 9.74. The zero-order chi connectivity index (χ0) is 25.3. The molecule has 1 aromatic heterocycles. The Labute approximate surface area is 221 Å². The fourth-order valence-electron chi connectivity index (χ4n) is 6.77. The van der Waals surface area contributed by atoms with Crippen molar-refractivity contribution in [2.45, 2.75) is 31.6 Å². The highest BCUT2D eigenvalue weighted by Crippen LogP contribution is 2.57. The van der Waals surface area contributed by atoms with Crippen LogP contribution in [0.15, 0.2) is 77.2 Å². The van der Waals surface area contributed by atoms with Gasteiger partial charge in [-0.05, 0) is 35.7 Å². The van der Waals surface area contributed by atoms with Gasteiger partial charge >= 0.3 is 0 Å². The number of nitrogens with zero attached hydrogens (tertiary/aromatic N) is 1. The molecule has 3 aliphatic heterocycles. The number of anilines is 1. The van der Waals surface area contributed by atoms with E-state index in [0.29, 0.717) is 6.61 Å². The molecule has 38 heavy (non-hydrogen) atoms. The van der Waals surface area contributed by atoms with Crippen LogP contribution in [0.1, 0.15) is 37.3 Å². The smallest absolute Gasteiger partial charge is 0.231 e. The van der Waals surface area contributed by atoms with Gasteiger partial charge in [0.1, 0.15) is 23.5 Å². The lowest BCUT2D eigenvalue weighted by Gasteiger charge is -2.26. The molecule has 0 bridgehead atoms. The zero-order valence-electron chi connectivity index (χ0n) is 21.5. The van der Waals surface area contributed by atoms with Crippen molar-refractivity contribution in [2.75, 3.05) is 31.4 Å².